The molecule has 0 bridgehead atoms. The second kappa shape index (κ2) is 8.73. The predicted molar refractivity (Wildman–Crippen MR) is 123 cm³/mol. The summed E-state index contributed by atoms with van der Waals surface area (Å²) in [5.41, 5.74) is 5.67. The number of aldehydes is 1. The Morgan fingerprint density at radius 3 is 2.62 bits per heavy atom. The van der Waals surface area contributed by atoms with Crippen LogP contribution >= 0.6 is 0 Å². The number of nitrogens with zero attached hydrogens (tertiary/aromatic N) is 2. The molecule has 0 saturated carbocycles. The van der Waals surface area contributed by atoms with Crippen molar-refractivity contribution >= 4 is 23.0 Å². The Hall–Kier alpha value is -3.22. The first-order chi connectivity index (χ1) is 15.7. The average Bonchev–Trinajstić information content (AvgIpc) is 2.84. The lowest BCUT2D eigenvalue weighted by atomic mass is 9.95. The summed E-state index contributed by atoms with van der Waals surface area (Å²) in [5.74, 6) is 0.798. The minimum atomic E-state index is -0.0755. The zero-order valence-electron chi connectivity index (χ0n) is 18.1. The van der Waals surface area contributed by atoms with Crippen LogP contribution in [0.25, 0.3) is 10.8 Å². The van der Waals surface area contributed by atoms with Gasteiger partial charge in [-0.1, -0.05) is 54.6 Å². The number of fused-ring (bicyclic) bond motifs is 2. The molecule has 0 spiro atoms. The number of benzene rings is 3. The molecule has 0 aromatic heterocycles. The van der Waals surface area contributed by atoms with Crippen molar-refractivity contribution in [3.05, 3.63) is 77.9 Å². The second-order valence-electron chi connectivity index (χ2n) is 8.72. The van der Waals surface area contributed by atoms with E-state index in [0.717, 1.165) is 29.9 Å². The maximum atomic E-state index is 12.4. The van der Waals surface area contributed by atoms with E-state index in [1.54, 1.807) is 0 Å². The van der Waals surface area contributed by atoms with Crippen LogP contribution in [0.2, 0.25) is 0 Å². The number of hydrogen-bond acceptors (Lipinski definition) is 4. The van der Waals surface area contributed by atoms with Gasteiger partial charge in [-0.15, -0.1) is 0 Å². The molecular weight excluding hydrogens is 402 g/mol. The third-order valence-corrected chi connectivity index (χ3v) is 7.00. The number of carbonyl (C=O) groups is 2. The van der Waals surface area contributed by atoms with Gasteiger partial charge in [-0.25, -0.2) is 0 Å². The van der Waals surface area contributed by atoms with E-state index in [-0.39, 0.29) is 18.4 Å². The van der Waals surface area contributed by atoms with E-state index >= 15 is 0 Å². The second-order valence-corrected chi connectivity index (χ2v) is 8.72. The van der Waals surface area contributed by atoms with Crippen LogP contribution in [-0.2, 0) is 16.1 Å². The lowest BCUT2D eigenvalue weighted by Crippen LogP contribution is -2.63. The molecule has 3 aromatic rings. The van der Waals surface area contributed by atoms with Crippen LogP contribution in [0.15, 0.2) is 66.7 Å². The average molecular weight is 431 g/mol. The van der Waals surface area contributed by atoms with Crippen LogP contribution in [-0.4, -0.2) is 54.3 Å². The summed E-state index contributed by atoms with van der Waals surface area (Å²) in [6.07, 6.45) is 0.665. The largest absolute Gasteiger partial charge is 0.408 e. The van der Waals surface area contributed by atoms with Crippen molar-refractivity contribution in [3.63, 3.8) is 0 Å². The summed E-state index contributed by atoms with van der Waals surface area (Å²) >= 11 is 0. The molecule has 1 N–H and O–H groups in total. The monoisotopic (exact) mass is 430 g/mol. The van der Waals surface area contributed by atoms with Crippen molar-refractivity contribution in [1.82, 2.24) is 10.4 Å². The molecule has 1 atom stereocenters. The molecule has 6 nitrogen and oxygen atoms in total. The summed E-state index contributed by atoms with van der Waals surface area (Å²) in [4.78, 5) is 30.8. The van der Waals surface area contributed by atoms with Gasteiger partial charge in [-0.3, -0.25) is 4.79 Å². The number of hydroxylamine groups is 1. The molecule has 5 rings (SSSR count). The molecule has 2 aliphatic rings. The highest BCUT2D eigenvalue weighted by molar-refractivity contribution is 5.88. The quantitative estimate of drug-likeness (QED) is 0.384. The van der Waals surface area contributed by atoms with Crippen molar-refractivity contribution < 1.29 is 18.9 Å². The third-order valence-electron chi connectivity index (χ3n) is 7.00. The number of nitrogens with one attached hydrogen (secondary N) is 1. The first-order valence-electron chi connectivity index (χ1n) is 11.2. The molecule has 1 amide bonds. The predicted octanol–water partition coefficient (Wildman–Crippen LogP) is 3.23. The molecule has 6 heteroatoms. The number of hydrogen-bond donors (Lipinski definition) is 1. The molecule has 0 aliphatic carbocycles. The minimum Gasteiger partial charge on any atom is -0.408 e. The van der Waals surface area contributed by atoms with Crippen molar-refractivity contribution in [3.8, 4) is 5.75 Å². The lowest BCUT2D eigenvalue weighted by Gasteiger charge is -2.50. The molecule has 2 aliphatic heterocycles. The van der Waals surface area contributed by atoms with E-state index in [1.807, 2.05) is 17.0 Å². The molecule has 1 saturated heterocycles. The Balaban J connectivity index is 1.53. The summed E-state index contributed by atoms with van der Waals surface area (Å²) in [7, 11) is 0. The number of piperazine rings is 1. The molecule has 3 aromatic carbocycles. The van der Waals surface area contributed by atoms with E-state index in [4.69, 9.17) is 4.84 Å². The number of amides is 1. The van der Waals surface area contributed by atoms with Gasteiger partial charge in [0.05, 0.1) is 44.7 Å². The summed E-state index contributed by atoms with van der Waals surface area (Å²) in [5, 5.41) is 2.52. The SMILES string of the molecule is O=CCC(=O)N1CC[N+](Cc2cccc3ccccc23)(C2CNOc3ccccc32)CC1. The van der Waals surface area contributed by atoms with Crippen LogP contribution in [0.4, 0.5) is 0 Å². The Bertz CT molecular complexity index is 1130. The van der Waals surface area contributed by atoms with Crippen LogP contribution < -0.4 is 10.3 Å². The van der Waals surface area contributed by atoms with Crippen LogP contribution in [0.5, 0.6) is 5.75 Å². The van der Waals surface area contributed by atoms with E-state index in [2.05, 4.69) is 60.1 Å². The van der Waals surface area contributed by atoms with Crippen LogP contribution in [0, 0.1) is 0 Å². The molecule has 1 unspecified atom stereocenters. The van der Waals surface area contributed by atoms with Crippen molar-refractivity contribution in [2.45, 2.75) is 19.0 Å². The van der Waals surface area contributed by atoms with Crippen LogP contribution in [0.1, 0.15) is 23.6 Å². The fourth-order valence-electron chi connectivity index (χ4n) is 5.31. The van der Waals surface area contributed by atoms with Gasteiger partial charge in [0.2, 0.25) is 5.91 Å². The van der Waals surface area contributed by atoms with Gasteiger partial charge in [0.1, 0.15) is 18.9 Å². The lowest BCUT2D eigenvalue weighted by molar-refractivity contribution is -0.972. The van der Waals surface area contributed by atoms with Crippen LogP contribution in [0.3, 0.4) is 0 Å². The first-order valence-corrected chi connectivity index (χ1v) is 11.2. The fourth-order valence-corrected chi connectivity index (χ4v) is 5.31. The molecule has 1 fully saturated rings. The highest BCUT2D eigenvalue weighted by Crippen LogP contribution is 2.39. The van der Waals surface area contributed by atoms with Crippen molar-refractivity contribution in [1.29, 1.82) is 0 Å². The Kier molecular flexibility index (Phi) is 5.64. The zero-order valence-corrected chi connectivity index (χ0v) is 18.1. The fraction of sp³-hybridized carbons (Fsp3) is 0.308. The molecule has 164 valence electrons. The maximum absolute atomic E-state index is 12.4. The normalized spacial score (nSPS) is 19.8. The van der Waals surface area contributed by atoms with Crippen molar-refractivity contribution in [2.75, 3.05) is 32.7 Å². The smallest absolute Gasteiger partial charge is 0.230 e. The third kappa shape index (κ3) is 3.76. The van der Waals surface area contributed by atoms with Gasteiger partial charge in [0.15, 0.2) is 5.75 Å². The Labute approximate surface area is 187 Å². The highest BCUT2D eigenvalue weighted by Gasteiger charge is 2.44. The summed E-state index contributed by atoms with van der Waals surface area (Å²) in [6.45, 7) is 4.54. The van der Waals surface area contributed by atoms with Gasteiger partial charge < -0.3 is 19.0 Å². The van der Waals surface area contributed by atoms with Gasteiger partial charge in [-0.2, -0.15) is 5.48 Å². The Morgan fingerprint density at radius 1 is 1.03 bits per heavy atom. The topological polar surface area (TPSA) is 58.6 Å². The van der Waals surface area contributed by atoms with Crippen molar-refractivity contribution in [2.24, 2.45) is 0 Å². The summed E-state index contributed by atoms with van der Waals surface area (Å²) < 4.78 is 0.840. The molecule has 32 heavy (non-hydrogen) atoms. The van der Waals surface area contributed by atoms with E-state index in [1.165, 1.54) is 21.9 Å². The number of quaternary nitrogens is 1. The standard InChI is InChI=1S/C26H28N3O3/c30-17-12-26(31)28-13-15-29(16-14-28,24-18-27-32-25-11-4-3-10-23(24)25)19-21-8-5-7-20-6-1-2-9-22(20)21/h1-11,17,24,27H,12-16,18-19H2/q+1. The molecular formula is C26H28N3O3+. The van der Waals surface area contributed by atoms with Gasteiger partial charge in [0, 0.05) is 5.56 Å². The minimum absolute atomic E-state index is 0.0367. The van der Waals surface area contributed by atoms with E-state index < -0.39 is 0 Å². The highest BCUT2D eigenvalue weighted by atomic mass is 16.6. The number of para-hydroxylation sites is 1. The van der Waals surface area contributed by atoms with E-state index in [9.17, 15) is 9.59 Å². The van der Waals surface area contributed by atoms with Gasteiger partial charge in [0.25, 0.3) is 0 Å². The van der Waals surface area contributed by atoms with E-state index in [0.29, 0.717) is 25.9 Å². The maximum Gasteiger partial charge on any atom is 0.230 e. The zero-order chi connectivity index (χ0) is 22.0. The Morgan fingerprint density at radius 2 is 1.78 bits per heavy atom. The van der Waals surface area contributed by atoms with Gasteiger partial charge >= 0.3 is 0 Å². The number of rotatable bonds is 5. The first kappa shape index (κ1) is 20.7. The number of carbonyl (C=O) groups excluding carboxylic acids is 2. The van der Waals surface area contributed by atoms with Gasteiger partial charge in [-0.05, 0) is 22.9 Å². The summed E-state index contributed by atoms with van der Waals surface area (Å²) in [6, 6.07) is 23.5. The molecule has 0 radical (unpaired) electrons. The molecule has 2 heterocycles.